The molecule has 0 radical (unpaired) electrons. The van der Waals surface area contributed by atoms with Crippen LogP contribution >= 0.6 is 11.6 Å². The van der Waals surface area contributed by atoms with E-state index in [1.54, 1.807) is 17.0 Å². The fourth-order valence-electron chi connectivity index (χ4n) is 4.67. The van der Waals surface area contributed by atoms with Crippen molar-refractivity contribution in [3.05, 3.63) is 58.6 Å². The topological polar surface area (TPSA) is 84.0 Å². The first-order valence-corrected chi connectivity index (χ1v) is 12.8. The number of hydrogen-bond acceptors (Lipinski definition) is 5. The highest BCUT2D eigenvalue weighted by molar-refractivity contribution is 7.93. The van der Waals surface area contributed by atoms with E-state index in [4.69, 9.17) is 16.3 Å². The quantitative estimate of drug-likeness (QED) is 0.596. The van der Waals surface area contributed by atoms with E-state index in [-0.39, 0.29) is 28.0 Å². The Labute approximate surface area is 199 Å². The number of rotatable bonds is 5. The molecule has 7 nitrogen and oxygen atoms in total. The summed E-state index contributed by atoms with van der Waals surface area (Å²) < 4.78 is 33.2. The van der Waals surface area contributed by atoms with E-state index in [1.165, 1.54) is 22.5 Å². The van der Waals surface area contributed by atoms with Gasteiger partial charge >= 0.3 is 5.97 Å². The summed E-state index contributed by atoms with van der Waals surface area (Å²) >= 11 is 6.23. The minimum Gasteiger partial charge on any atom is -0.452 e. The zero-order valence-corrected chi connectivity index (χ0v) is 20.2. The van der Waals surface area contributed by atoms with Crippen LogP contribution in [0.2, 0.25) is 5.02 Å². The number of amides is 1. The van der Waals surface area contributed by atoms with Crippen molar-refractivity contribution in [3.63, 3.8) is 0 Å². The molecule has 9 heteroatoms. The molecule has 1 saturated heterocycles. The van der Waals surface area contributed by atoms with E-state index in [9.17, 15) is 18.0 Å². The normalized spacial score (nSPS) is 20.5. The summed E-state index contributed by atoms with van der Waals surface area (Å²) in [5.74, 6) is -0.227. The summed E-state index contributed by atoms with van der Waals surface area (Å²) in [4.78, 5) is 26.7. The van der Waals surface area contributed by atoms with Gasteiger partial charge in [0.1, 0.15) is 4.90 Å². The zero-order valence-electron chi connectivity index (χ0n) is 18.7. The maximum Gasteiger partial charge on any atom is 0.338 e. The number of nitrogens with zero attached hydrogens (tertiary/aromatic N) is 2. The van der Waals surface area contributed by atoms with Crippen molar-refractivity contribution in [1.29, 1.82) is 0 Å². The minimum atomic E-state index is -3.98. The average Bonchev–Trinajstić information content (AvgIpc) is 3.22. The first-order valence-electron chi connectivity index (χ1n) is 11.0. The number of piperidine rings is 1. The summed E-state index contributed by atoms with van der Waals surface area (Å²) in [6.07, 6.45) is 1.66. The predicted octanol–water partition coefficient (Wildman–Crippen LogP) is 3.75. The lowest BCUT2D eigenvalue weighted by atomic mass is 9.92. The maximum absolute atomic E-state index is 13.4. The fourth-order valence-corrected chi connectivity index (χ4v) is 6.68. The van der Waals surface area contributed by atoms with Crippen LogP contribution in [0.15, 0.2) is 47.4 Å². The number of esters is 1. The Kier molecular flexibility index (Phi) is 6.68. The maximum atomic E-state index is 13.4. The molecule has 0 bridgehead atoms. The van der Waals surface area contributed by atoms with E-state index in [0.29, 0.717) is 43.6 Å². The van der Waals surface area contributed by atoms with Crippen LogP contribution < -0.4 is 4.31 Å². The lowest BCUT2D eigenvalue weighted by molar-refractivity contribution is -0.137. The number of hydrogen-bond donors (Lipinski definition) is 0. The van der Waals surface area contributed by atoms with Crippen LogP contribution in [0.3, 0.4) is 0 Å². The van der Waals surface area contributed by atoms with Crippen LogP contribution in [-0.4, -0.2) is 51.4 Å². The smallest absolute Gasteiger partial charge is 0.338 e. The van der Waals surface area contributed by atoms with Gasteiger partial charge < -0.3 is 9.64 Å². The molecule has 2 aliphatic rings. The molecule has 33 heavy (non-hydrogen) atoms. The van der Waals surface area contributed by atoms with E-state index in [2.05, 4.69) is 13.8 Å². The summed E-state index contributed by atoms with van der Waals surface area (Å²) in [6, 6.07) is 11.3. The van der Waals surface area contributed by atoms with Crippen molar-refractivity contribution in [3.8, 4) is 0 Å². The van der Waals surface area contributed by atoms with Crippen molar-refractivity contribution in [1.82, 2.24) is 4.90 Å². The number of fused-ring (bicyclic) bond motifs is 1. The zero-order chi connectivity index (χ0) is 23.8. The number of carbonyl (C=O) groups excluding carboxylic acids is 2. The second-order valence-electron chi connectivity index (χ2n) is 8.92. The second-order valence-corrected chi connectivity index (χ2v) is 11.2. The third-order valence-corrected chi connectivity index (χ3v) is 8.42. The fraction of sp³-hybridized carbons (Fsp3) is 0.417. The average molecular weight is 491 g/mol. The number of carbonyl (C=O) groups is 2. The third kappa shape index (κ3) is 4.87. The molecular weight excluding hydrogens is 464 g/mol. The number of anilines is 1. The molecule has 0 aliphatic carbocycles. The second kappa shape index (κ2) is 9.35. The summed E-state index contributed by atoms with van der Waals surface area (Å²) in [5, 5.41) is 0.0169. The van der Waals surface area contributed by atoms with Gasteiger partial charge in [0.05, 0.1) is 16.3 Å². The van der Waals surface area contributed by atoms with Crippen molar-refractivity contribution in [2.24, 2.45) is 11.8 Å². The molecule has 0 aromatic heterocycles. The first kappa shape index (κ1) is 23.6. The van der Waals surface area contributed by atoms with Gasteiger partial charge in [0.2, 0.25) is 0 Å². The molecule has 1 fully saturated rings. The van der Waals surface area contributed by atoms with Crippen LogP contribution in [0.1, 0.15) is 36.2 Å². The van der Waals surface area contributed by atoms with Crippen LogP contribution in [0.25, 0.3) is 0 Å². The number of likely N-dealkylation sites (tertiary alicyclic amines) is 1. The van der Waals surface area contributed by atoms with Crippen molar-refractivity contribution < 1.29 is 22.7 Å². The molecule has 176 valence electrons. The van der Waals surface area contributed by atoms with Gasteiger partial charge in [-0.2, -0.15) is 0 Å². The van der Waals surface area contributed by atoms with Gasteiger partial charge in [-0.15, -0.1) is 0 Å². The van der Waals surface area contributed by atoms with Crippen molar-refractivity contribution in [2.75, 3.05) is 30.5 Å². The standard InChI is InChI=1S/C24H27ClN2O5S/c1-16-11-17(2)14-26(13-16)23(28)15-32-24(29)19-7-8-20(25)22(12-19)33(30,31)27-10-9-18-5-3-4-6-21(18)27/h3-8,12,16-17H,9-11,13-15H2,1-2H3/t16-,17-/m1/s1. The first-order chi connectivity index (χ1) is 15.7. The van der Waals surface area contributed by atoms with Crippen molar-refractivity contribution in [2.45, 2.75) is 31.6 Å². The van der Waals surface area contributed by atoms with E-state index >= 15 is 0 Å². The molecule has 4 rings (SSSR count). The third-order valence-electron chi connectivity index (χ3n) is 6.13. The molecule has 2 aromatic rings. The number of halogens is 1. The van der Waals surface area contributed by atoms with Gasteiger partial charge in [-0.25, -0.2) is 13.2 Å². The molecule has 1 amide bonds. The lowest BCUT2D eigenvalue weighted by Gasteiger charge is -2.34. The molecule has 2 heterocycles. The number of benzene rings is 2. The highest BCUT2D eigenvalue weighted by Crippen LogP contribution is 2.35. The van der Waals surface area contributed by atoms with E-state index in [0.717, 1.165) is 12.0 Å². The number of sulfonamides is 1. The Bertz CT molecular complexity index is 1170. The molecule has 2 aromatic carbocycles. The highest BCUT2D eigenvalue weighted by Gasteiger charge is 2.33. The molecule has 0 unspecified atom stereocenters. The van der Waals surface area contributed by atoms with Gasteiger partial charge in [-0.05, 0) is 54.5 Å². The van der Waals surface area contributed by atoms with E-state index in [1.807, 2.05) is 12.1 Å². The van der Waals surface area contributed by atoms with Crippen LogP contribution in [0, 0.1) is 11.8 Å². The Morgan fingerprint density at radius 1 is 1.09 bits per heavy atom. The predicted molar refractivity (Wildman–Crippen MR) is 126 cm³/mol. The van der Waals surface area contributed by atoms with Crippen LogP contribution in [0.5, 0.6) is 0 Å². The lowest BCUT2D eigenvalue weighted by Crippen LogP contribution is -2.44. The summed E-state index contributed by atoms with van der Waals surface area (Å²) in [7, 11) is -3.98. The van der Waals surface area contributed by atoms with Crippen LogP contribution in [-0.2, 0) is 26.0 Å². The van der Waals surface area contributed by atoms with Gasteiger partial charge in [-0.3, -0.25) is 9.10 Å². The molecule has 0 spiro atoms. The number of para-hydroxylation sites is 1. The monoisotopic (exact) mass is 490 g/mol. The van der Waals surface area contributed by atoms with Gasteiger partial charge in [0.25, 0.3) is 15.9 Å². The van der Waals surface area contributed by atoms with Crippen molar-refractivity contribution >= 4 is 39.2 Å². The molecular formula is C24H27ClN2O5S. The molecule has 0 N–H and O–H groups in total. The molecule has 2 aliphatic heterocycles. The summed E-state index contributed by atoms with van der Waals surface area (Å²) in [6.45, 7) is 5.38. The molecule has 0 saturated carbocycles. The van der Waals surface area contributed by atoms with Crippen LogP contribution in [0.4, 0.5) is 5.69 Å². The Balaban J connectivity index is 1.49. The van der Waals surface area contributed by atoms with E-state index < -0.39 is 16.0 Å². The Morgan fingerprint density at radius 3 is 2.52 bits per heavy atom. The molecule has 2 atom stereocenters. The summed E-state index contributed by atoms with van der Waals surface area (Å²) in [5.41, 5.74) is 1.57. The van der Waals surface area contributed by atoms with Gasteiger partial charge in [0, 0.05) is 19.6 Å². The van der Waals surface area contributed by atoms with Gasteiger partial charge in [0.15, 0.2) is 6.61 Å². The Hall–Kier alpha value is -2.58. The van der Waals surface area contributed by atoms with Gasteiger partial charge in [-0.1, -0.05) is 43.6 Å². The minimum absolute atomic E-state index is 0.0169. The highest BCUT2D eigenvalue weighted by atomic mass is 35.5. The SMILES string of the molecule is C[C@@H]1C[C@@H](C)CN(C(=O)COC(=O)c2ccc(Cl)c(S(=O)(=O)N3CCc4ccccc43)c2)C1. The number of ether oxygens (including phenoxy) is 1. The Morgan fingerprint density at radius 2 is 1.79 bits per heavy atom. The largest absolute Gasteiger partial charge is 0.452 e.